The first-order valence-electron chi connectivity index (χ1n) is 9.02. The van der Waals surface area contributed by atoms with Gasteiger partial charge in [-0.3, -0.25) is 9.48 Å². The Bertz CT molecular complexity index is 1140. The maximum absolute atomic E-state index is 13.2. The topological polar surface area (TPSA) is 46.9 Å². The van der Waals surface area contributed by atoms with Crippen LogP contribution in [0.1, 0.15) is 15.9 Å². The molecule has 0 spiro atoms. The van der Waals surface area contributed by atoms with Crippen LogP contribution in [0.25, 0.3) is 11.1 Å². The Labute approximate surface area is 172 Å². The van der Waals surface area contributed by atoms with Gasteiger partial charge in [-0.05, 0) is 47.0 Å². The monoisotopic (exact) mass is 405 g/mol. The van der Waals surface area contributed by atoms with Crippen molar-refractivity contribution in [1.29, 1.82) is 0 Å². The van der Waals surface area contributed by atoms with E-state index in [0.29, 0.717) is 17.8 Å². The molecule has 0 aliphatic heterocycles. The SMILES string of the molecule is O=C(Nc1ccc(F)cc1Cl)c1ccccc1-c1ccc(Cn2cccn2)cc1. The Balaban J connectivity index is 1.58. The number of carbonyl (C=O) groups is 1. The number of rotatable bonds is 5. The molecule has 1 aromatic heterocycles. The first kappa shape index (κ1) is 18.9. The molecule has 0 unspecified atom stereocenters. The lowest BCUT2D eigenvalue weighted by molar-refractivity contribution is 0.102. The minimum absolute atomic E-state index is 0.152. The summed E-state index contributed by atoms with van der Waals surface area (Å²) >= 11 is 6.03. The summed E-state index contributed by atoms with van der Waals surface area (Å²) in [5, 5.41) is 7.12. The van der Waals surface area contributed by atoms with Crippen molar-refractivity contribution in [2.75, 3.05) is 5.32 Å². The first-order chi connectivity index (χ1) is 14.1. The van der Waals surface area contributed by atoms with E-state index in [0.717, 1.165) is 16.7 Å². The lowest BCUT2D eigenvalue weighted by Crippen LogP contribution is -2.13. The van der Waals surface area contributed by atoms with Crippen LogP contribution in [-0.4, -0.2) is 15.7 Å². The van der Waals surface area contributed by atoms with Crippen LogP contribution in [0.3, 0.4) is 0 Å². The fraction of sp³-hybridized carbons (Fsp3) is 0.0435. The Hall–Kier alpha value is -3.44. The van der Waals surface area contributed by atoms with Gasteiger partial charge in [0.2, 0.25) is 0 Å². The maximum Gasteiger partial charge on any atom is 0.256 e. The van der Waals surface area contributed by atoms with Crippen molar-refractivity contribution in [3.63, 3.8) is 0 Å². The molecule has 4 nitrogen and oxygen atoms in total. The number of aromatic nitrogens is 2. The van der Waals surface area contributed by atoms with Gasteiger partial charge in [0.25, 0.3) is 5.91 Å². The lowest BCUT2D eigenvalue weighted by Gasteiger charge is -2.12. The van der Waals surface area contributed by atoms with E-state index in [1.54, 1.807) is 18.3 Å². The van der Waals surface area contributed by atoms with Crippen LogP contribution in [0, 0.1) is 5.82 Å². The second-order valence-electron chi connectivity index (χ2n) is 6.52. The van der Waals surface area contributed by atoms with E-state index in [-0.39, 0.29) is 10.9 Å². The van der Waals surface area contributed by atoms with Crippen molar-refractivity contribution < 1.29 is 9.18 Å². The number of amides is 1. The van der Waals surface area contributed by atoms with Gasteiger partial charge in [-0.1, -0.05) is 54.1 Å². The van der Waals surface area contributed by atoms with Crippen molar-refractivity contribution in [3.05, 3.63) is 107 Å². The minimum Gasteiger partial charge on any atom is -0.321 e. The number of hydrogen-bond donors (Lipinski definition) is 1. The molecule has 144 valence electrons. The zero-order chi connectivity index (χ0) is 20.2. The predicted octanol–water partition coefficient (Wildman–Crippen LogP) is 5.64. The van der Waals surface area contributed by atoms with Crippen LogP contribution in [0.4, 0.5) is 10.1 Å². The Morgan fingerprint density at radius 2 is 1.83 bits per heavy atom. The molecule has 0 saturated heterocycles. The van der Waals surface area contributed by atoms with E-state index in [4.69, 9.17) is 11.6 Å². The highest BCUT2D eigenvalue weighted by Crippen LogP contribution is 2.27. The van der Waals surface area contributed by atoms with Gasteiger partial charge < -0.3 is 5.32 Å². The smallest absolute Gasteiger partial charge is 0.256 e. The molecule has 1 N–H and O–H groups in total. The number of nitrogens with one attached hydrogen (secondary N) is 1. The van der Waals surface area contributed by atoms with Crippen molar-refractivity contribution in [2.24, 2.45) is 0 Å². The normalized spacial score (nSPS) is 10.7. The maximum atomic E-state index is 13.2. The third-order valence-electron chi connectivity index (χ3n) is 4.52. The number of carbonyl (C=O) groups excluding carboxylic acids is 1. The molecule has 0 atom stereocenters. The quantitative estimate of drug-likeness (QED) is 0.466. The molecule has 1 heterocycles. The Morgan fingerprint density at radius 1 is 1.03 bits per heavy atom. The molecule has 6 heteroatoms. The second kappa shape index (κ2) is 8.29. The molecule has 4 rings (SSSR count). The zero-order valence-electron chi connectivity index (χ0n) is 15.3. The van der Waals surface area contributed by atoms with Gasteiger partial charge in [-0.2, -0.15) is 5.10 Å². The van der Waals surface area contributed by atoms with Gasteiger partial charge >= 0.3 is 0 Å². The molecule has 0 fully saturated rings. The number of benzene rings is 3. The highest BCUT2D eigenvalue weighted by molar-refractivity contribution is 6.34. The zero-order valence-corrected chi connectivity index (χ0v) is 16.1. The summed E-state index contributed by atoms with van der Waals surface area (Å²) in [6.45, 7) is 0.679. The van der Waals surface area contributed by atoms with E-state index < -0.39 is 5.82 Å². The van der Waals surface area contributed by atoms with Gasteiger partial charge in [0, 0.05) is 18.0 Å². The summed E-state index contributed by atoms with van der Waals surface area (Å²) in [6, 6.07) is 21.1. The lowest BCUT2D eigenvalue weighted by atomic mass is 9.98. The predicted molar refractivity (Wildman–Crippen MR) is 113 cm³/mol. The summed E-state index contributed by atoms with van der Waals surface area (Å²) in [5.41, 5.74) is 3.70. The molecule has 0 aliphatic carbocycles. The van der Waals surface area contributed by atoms with E-state index in [9.17, 15) is 9.18 Å². The van der Waals surface area contributed by atoms with Gasteiger partial charge in [-0.15, -0.1) is 0 Å². The largest absolute Gasteiger partial charge is 0.321 e. The van der Waals surface area contributed by atoms with Crippen LogP contribution in [0.5, 0.6) is 0 Å². The van der Waals surface area contributed by atoms with Gasteiger partial charge in [0.1, 0.15) is 5.82 Å². The number of nitrogens with zero attached hydrogens (tertiary/aromatic N) is 2. The highest BCUT2D eigenvalue weighted by Gasteiger charge is 2.14. The molecule has 0 saturated carbocycles. The highest BCUT2D eigenvalue weighted by atomic mass is 35.5. The van der Waals surface area contributed by atoms with E-state index in [2.05, 4.69) is 10.4 Å². The fourth-order valence-corrected chi connectivity index (χ4v) is 3.30. The third-order valence-corrected chi connectivity index (χ3v) is 4.83. The standard InChI is InChI=1S/C23H17ClFN3O/c24-21-14-18(25)10-11-22(21)27-23(29)20-5-2-1-4-19(20)17-8-6-16(7-9-17)15-28-13-3-12-26-28/h1-14H,15H2,(H,27,29). The van der Waals surface area contributed by atoms with Gasteiger partial charge in [0.15, 0.2) is 0 Å². The average molecular weight is 406 g/mol. The molecule has 0 aliphatic rings. The second-order valence-corrected chi connectivity index (χ2v) is 6.93. The molecule has 3 aromatic carbocycles. The summed E-state index contributed by atoms with van der Waals surface area (Å²) in [7, 11) is 0. The van der Waals surface area contributed by atoms with Crippen molar-refractivity contribution >= 4 is 23.2 Å². The van der Waals surface area contributed by atoms with E-state index in [1.165, 1.54) is 18.2 Å². The summed E-state index contributed by atoms with van der Waals surface area (Å²) < 4.78 is 15.1. The number of halogens is 2. The number of hydrogen-bond acceptors (Lipinski definition) is 2. The molecule has 0 bridgehead atoms. The fourth-order valence-electron chi connectivity index (χ4n) is 3.08. The summed E-state index contributed by atoms with van der Waals surface area (Å²) in [6.07, 6.45) is 3.66. The van der Waals surface area contributed by atoms with Crippen LogP contribution in [-0.2, 0) is 6.54 Å². The molecule has 0 radical (unpaired) electrons. The van der Waals surface area contributed by atoms with Crippen molar-refractivity contribution in [1.82, 2.24) is 9.78 Å². The molecule has 1 amide bonds. The van der Waals surface area contributed by atoms with E-state index in [1.807, 2.05) is 53.3 Å². The molecule has 29 heavy (non-hydrogen) atoms. The van der Waals surface area contributed by atoms with Gasteiger partial charge in [0.05, 0.1) is 17.3 Å². The van der Waals surface area contributed by atoms with E-state index >= 15 is 0 Å². The third kappa shape index (κ3) is 4.36. The van der Waals surface area contributed by atoms with Crippen LogP contribution >= 0.6 is 11.6 Å². The van der Waals surface area contributed by atoms with Gasteiger partial charge in [-0.25, -0.2) is 4.39 Å². The molecular formula is C23H17ClFN3O. The summed E-state index contributed by atoms with van der Waals surface area (Å²) in [5.74, 6) is -0.765. The molecular weight excluding hydrogens is 389 g/mol. The molecule has 4 aromatic rings. The first-order valence-corrected chi connectivity index (χ1v) is 9.40. The summed E-state index contributed by atoms with van der Waals surface area (Å²) in [4.78, 5) is 12.8. The number of anilines is 1. The van der Waals surface area contributed by atoms with Crippen molar-refractivity contribution in [2.45, 2.75) is 6.54 Å². The van der Waals surface area contributed by atoms with Crippen molar-refractivity contribution in [3.8, 4) is 11.1 Å². The van der Waals surface area contributed by atoms with Crippen LogP contribution < -0.4 is 5.32 Å². The minimum atomic E-state index is -0.455. The Morgan fingerprint density at radius 3 is 2.55 bits per heavy atom. The Kier molecular flexibility index (Phi) is 5.40. The average Bonchev–Trinajstić information content (AvgIpc) is 3.24. The van der Waals surface area contributed by atoms with Crippen LogP contribution in [0.15, 0.2) is 85.2 Å². The van der Waals surface area contributed by atoms with Crippen LogP contribution in [0.2, 0.25) is 5.02 Å².